The maximum atomic E-state index is 12.4. The first-order chi connectivity index (χ1) is 9.41. The lowest BCUT2D eigenvalue weighted by Crippen LogP contribution is -2.48. The third-order valence-electron chi connectivity index (χ3n) is 4.17. The van der Waals surface area contributed by atoms with Gasteiger partial charge in [0.15, 0.2) is 5.78 Å². The Labute approximate surface area is 131 Å². The van der Waals surface area contributed by atoms with Gasteiger partial charge in [-0.1, -0.05) is 34.1 Å². The molecule has 0 radical (unpaired) electrons. The van der Waals surface area contributed by atoms with E-state index in [-0.39, 0.29) is 0 Å². The third-order valence-corrected chi connectivity index (χ3v) is 4.73. The molecule has 2 nitrogen and oxygen atoms in total. The van der Waals surface area contributed by atoms with E-state index in [1.54, 1.807) is 0 Å². The van der Waals surface area contributed by atoms with E-state index in [0.29, 0.717) is 18.7 Å². The van der Waals surface area contributed by atoms with Gasteiger partial charge in [-0.05, 0) is 37.5 Å². The van der Waals surface area contributed by atoms with Gasteiger partial charge in [-0.25, -0.2) is 0 Å². The van der Waals surface area contributed by atoms with Gasteiger partial charge >= 0.3 is 0 Å². The molecule has 0 saturated carbocycles. The molecule has 0 amide bonds. The Bertz CT molecular complexity index is 438. The zero-order valence-electron chi connectivity index (χ0n) is 13.2. The van der Waals surface area contributed by atoms with Gasteiger partial charge in [0.1, 0.15) is 6.54 Å². The molecule has 112 valence electrons. The second-order valence-corrected chi connectivity index (χ2v) is 6.74. The number of Topliss-reactive ketones (excluding diaryl/α,β-unsaturated/α-hetero) is 1. The van der Waals surface area contributed by atoms with Crippen molar-refractivity contribution in [3.8, 4) is 0 Å². The number of nitrogens with zero attached hydrogens (tertiary/aromatic N) is 1. The van der Waals surface area contributed by atoms with Gasteiger partial charge in [-0.3, -0.25) is 4.79 Å². The number of hydrogen-bond acceptors (Lipinski definition) is 1. The Balaban J connectivity index is 2.71. The highest BCUT2D eigenvalue weighted by Crippen LogP contribution is 2.15. The molecular weight excluding hydrogens is 314 g/mol. The van der Waals surface area contributed by atoms with Crippen molar-refractivity contribution in [1.82, 2.24) is 0 Å². The summed E-state index contributed by atoms with van der Waals surface area (Å²) in [7, 11) is 2.19. The van der Waals surface area contributed by atoms with E-state index in [2.05, 4.69) is 61.9 Å². The summed E-state index contributed by atoms with van der Waals surface area (Å²) in [6.07, 6.45) is 1.68. The fourth-order valence-corrected chi connectivity index (χ4v) is 2.85. The SMILES string of the molecule is CC[N+](C)(CCCBr)CC(=O)Cc1c(C)cccc1C. The number of benzene rings is 1. The molecular formula is C17H27BrNO+. The highest BCUT2D eigenvalue weighted by atomic mass is 79.9. The summed E-state index contributed by atoms with van der Waals surface area (Å²) in [6.45, 7) is 9.05. The molecule has 0 heterocycles. The normalized spacial score (nSPS) is 14.1. The Morgan fingerprint density at radius 1 is 1.25 bits per heavy atom. The van der Waals surface area contributed by atoms with Crippen molar-refractivity contribution in [3.63, 3.8) is 0 Å². The van der Waals surface area contributed by atoms with Crippen LogP contribution in [0.5, 0.6) is 0 Å². The molecule has 3 heteroatoms. The molecule has 1 unspecified atom stereocenters. The second kappa shape index (κ2) is 7.94. The van der Waals surface area contributed by atoms with Crippen LogP contribution >= 0.6 is 15.9 Å². The van der Waals surface area contributed by atoms with Gasteiger partial charge in [0.05, 0.1) is 20.1 Å². The highest BCUT2D eigenvalue weighted by molar-refractivity contribution is 9.09. The number of ketones is 1. The maximum Gasteiger partial charge on any atom is 0.191 e. The molecule has 20 heavy (non-hydrogen) atoms. The number of hydrogen-bond donors (Lipinski definition) is 0. The number of aryl methyl sites for hydroxylation is 2. The first kappa shape index (κ1) is 17.4. The lowest BCUT2D eigenvalue weighted by atomic mass is 9.98. The number of likely N-dealkylation sites (N-methyl/N-ethyl adjacent to an activating group) is 1. The van der Waals surface area contributed by atoms with Crippen molar-refractivity contribution in [1.29, 1.82) is 0 Å². The van der Waals surface area contributed by atoms with E-state index >= 15 is 0 Å². The Kier molecular flexibility index (Phi) is 6.90. The van der Waals surface area contributed by atoms with Crippen molar-refractivity contribution in [3.05, 3.63) is 34.9 Å². The summed E-state index contributed by atoms with van der Waals surface area (Å²) in [5.41, 5.74) is 3.66. The van der Waals surface area contributed by atoms with Gasteiger partial charge in [-0.2, -0.15) is 0 Å². The van der Waals surface area contributed by atoms with Crippen LogP contribution in [0.2, 0.25) is 0 Å². The molecule has 0 fully saturated rings. The molecule has 0 aliphatic rings. The highest BCUT2D eigenvalue weighted by Gasteiger charge is 2.23. The zero-order chi connectivity index (χ0) is 15.2. The molecule has 0 saturated heterocycles. The average molecular weight is 341 g/mol. The van der Waals surface area contributed by atoms with Crippen LogP contribution in [0.1, 0.15) is 30.0 Å². The fourth-order valence-electron chi connectivity index (χ4n) is 2.60. The van der Waals surface area contributed by atoms with Crippen LogP contribution < -0.4 is 0 Å². The monoisotopic (exact) mass is 340 g/mol. The van der Waals surface area contributed by atoms with Crippen molar-refractivity contribution in [2.75, 3.05) is 32.0 Å². The van der Waals surface area contributed by atoms with Gasteiger partial charge in [0.25, 0.3) is 0 Å². The summed E-state index contributed by atoms with van der Waals surface area (Å²) in [5.74, 6) is 0.348. The quantitative estimate of drug-likeness (QED) is 0.521. The molecule has 1 atom stereocenters. The first-order valence-electron chi connectivity index (χ1n) is 7.38. The Hall–Kier alpha value is -0.670. The molecule has 0 N–H and O–H groups in total. The summed E-state index contributed by atoms with van der Waals surface area (Å²) in [4.78, 5) is 12.4. The van der Waals surface area contributed by atoms with Crippen LogP contribution in [0.15, 0.2) is 18.2 Å². The molecule has 0 aliphatic heterocycles. The predicted molar refractivity (Wildman–Crippen MR) is 89.5 cm³/mol. The Morgan fingerprint density at radius 3 is 2.35 bits per heavy atom. The van der Waals surface area contributed by atoms with E-state index in [1.807, 2.05) is 0 Å². The van der Waals surface area contributed by atoms with Crippen molar-refractivity contribution >= 4 is 21.7 Å². The number of halogens is 1. The Morgan fingerprint density at radius 2 is 1.85 bits per heavy atom. The first-order valence-corrected chi connectivity index (χ1v) is 8.50. The van der Waals surface area contributed by atoms with Crippen LogP contribution in [0.3, 0.4) is 0 Å². The van der Waals surface area contributed by atoms with Crippen LogP contribution in [-0.4, -0.2) is 42.3 Å². The third kappa shape index (κ3) is 5.02. The number of rotatable bonds is 8. The summed E-state index contributed by atoms with van der Waals surface area (Å²) in [6, 6.07) is 6.24. The molecule has 0 spiro atoms. The second-order valence-electron chi connectivity index (χ2n) is 5.95. The molecule has 0 aromatic heterocycles. The van der Waals surface area contributed by atoms with E-state index in [1.165, 1.54) is 16.7 Å². The molecule has 1 aromatic rings. The minimum absolute atomic E-state index is 0.348. The number of carbonyl (C=O) groups excluding carboxylic acids is 1. The topological polar surface area (TPSA) is 17.1 Å². The van der Waals surface area contributed by atoms with Crippen LogP contribution in [0, 0.1) is 13.8 Å². The lowest BCUT2D eigenvalue weighted by molar-refractivity contribution is -0.900. The summed E-state index contributed by atoms with van der Waals surface area (Å²) >= 11 is 3.48. The predicted octanol–water partition coefficient (Wildman–Crippen LogP) is 3.67. The largest absolute Gasteiger partial charge is 0.320 e. The maximum absolute atomic E-state index is 12.4. The van der Waals surface area contributed by atoms with E-state index in [4.69, 9.17) is 0 Å². The minimum atomic E-state index is 0.348. The molecule has 1 rings (SSSR count). The summed E-state index contributed by atoms with van der Waals surface area (Å²) in [5, 5.41) is 1.01. The molecule has 0 bridgehead atoms. The van der Waals surface area contributed by atoms with Crippen molar-refractivity contribution in [2.24, 2.45) is 0 Å². The van der Waals surface area contributed by atoms with Gasteiger partial charge in [0.2, 0.25) is 0 Å². The van der Waals surface area contributed by atoms with Crippen molar-refractivity contribution < 1.29 is 9.28 Å². The van der Waals surface area contributed by atoms with Crippen LogP contribution in [-0.2, 0) is 11.2 Å². The molecule has 0 aliphatic carbocycles. The van der Waals surface area contributed by atoms with Gasteiger partial charge in [0, 0.05) is 18.2 Å². The van der Waals surface area contributed by atoms with Gasteiger partial charge < -0.3 is 4.48 Å². The fraction of sp³-hybridized carbons (Fsp3) is 0.588. The van der Waals surface area contributed by atoms with E-state index < -0.39 is 0 Å². The smallest absolute Gasteiger partial charge is 0.191 e. The number of alkyl halides is 1. The number of carbonyl (C=O) groups is 1. The van der Waals surface area contributed by atoms with E-state index in [0.717, 1.165) is 29.3 Å². The van der Waals surface area contributed by atoms with Crippen LogP contribution in [0.4, 0.5) is 0 Å². The molecule has 1 aromatic carbocycles. The zero-order valence-corrected chi connectivity index (χ0v) is 14.8. The number of quaternary nitrogens is 1. The lowest BCUT2D eigenvalue weighted by Gasteiger charge is -2.32. The minimum Gasteiger partial charge on any atom is -0.320 e. The average Bonchev–Trinajstić information content (AvgIpc) is 2.41. The van der Waals surface area contributed by atoms with Crippen molar-refractivity contribution in [2.45, 2.75) is 33.6 Å². The van der Waals surface area contributed by atoms with Gasteiger partial charge in [-0.15, -0.1) is 0 Å². The van der Waals surface area contributed by atoms with Crippen LogP contribution in [0.25, 0.3) is 0 Å². The standard InChI is InChI=1S/C17H27BrNO/c1-5-19(4,11-7-10-18)13-16(20)12-17-14(2)8-6-9-15(17)3/h6,8-9H,5,7,10-13H2,1-4H3/q+1. The van der Waals surface area contributed by atoms with E-state index in [9.17, 15) is 4.79 Å². The summed E-state index contributed by atoms with van der Waals surface area (Å²) < 4.78 is 0.843.